The van der Waals surface area contributed by atoms with Crippen molar-refractivity contribution < 1.29 is 9.47 Å². The molecule has 4 nitrogen and oxygen atoms in total. The van der Waals surface area contributed by atoms with Gasteiger partial charge < -0.3 is 20.5 Å². The van der Waals surface area contributed by atoms with Crippen molar-refractivity contribution in [3.8, 4) is 11.5 Å². The number of nitrogens with one attached hydrogen (secondary N) is 1. The SMILES string of the molecule is COc1cc(C2(N)CNC2)c(OC)cc1Br.Cl. The zero-order chi connectivity index (χ0) is 11.8. The Bertz CT molecular complexity index is 411. The highest BCUT2D eigenvalue weighted by Crippen LogP contribution is 2.38. The number of rotatable bonds is 3. The molecule has 0 aromatic heterocycles. The van der Waals surface area contributed by atoms with Crippen molar-refractivity contribution in [3.05, 3.63) is 22.2 Å². The normalized spacial score (nSPS) is 16.7. The van der Waals surface area contributed by atoms with Gasteiger partial charge in [0.2, 0.25) is 0 Å². The second-order valence-corrected chi connectivity index (χ2v) is 4.80. The molecule has 0 radical (unpaired) electrons. The lowest BCUT2D eigenvalue weighted by Crippen LogP contribution is -2.62. The molecule has 2 rings (SSSR count). The lowest BCUT2D eigenvalue weighted by molar-refractivity contribution is 0.273. The summed E-state index contributed by atoms with van der Waals surface area (Å²) in [5.41, 5.74) is 6.89. The van der Waals surface area contributed by atoms with Crippen LogP contribution < -0.4 is 20.5 Å². The quantitative estimate of drug-likeness (QED) is 0.888. The van der Waals surface area contributed by atoms with Gasteiger partial charge in [-0.15, -0.1) is 12.4 Å². The maximum atomic E-state index is 6.26. The maximum absolute atomic E-state index is 6.26. The van der Waals surface area contributed by atoms with Gasteiger partial charge >= 0.3 is 0 Å². The zero-order valence-electron chi connectivity index (χ0n) is 9.75. The molecule has 1 aliphatic heterocycles. The molecular formula is C11H16BrClN2O2. The first kappa shape index (κ1) is 14.6. The first-order valence-corrected chi connectivity index (χ1v) is 5.81. The van der Waals surface area contributed by atoms with Crippen LogP contribution in [0.5, 0.6) is 11.5 Å². The van der Waals surface area contributed by atoms with Gasteiger partial charge in [0.25, 0.3) is 0 Å². The van der Waals surface area contributed by atoms with E-state index >= 15 is 0 Å². The average molecular weight is 324 g/mol. The fraction of sp³-hybridized carbons (Fsp3) is 0.455. The van der Waals surface area contributed by atoms with Gasteiger partial charge in [-0.3, -0.25) is 0 Å². The van der Waals surface area contributed by atoms with Crippen LogP contribution in [0, 0.1) is 0 Å². The van der Waals surface area contributed by atoms with Crippen molar-refractivity contribution in [2.24, 2.45) is 5.73 Å². The van der Waals surface area contributed by atoms with Crippen LogP contribution in [-0.4, -0.2) is 27.3 Å². The molecule has 17 heavy (non-hydrogen) atoms. The van der Waals surface area contributed by atoms with E-state index in [1.807, 2.05) is 12.1 Å². The molecule has 0 unspecified atom stereocenters. The largest absolute Gasteiger partial charge is 0.496 e. The van der Waals surface area contributed by atoms with E-state index in [-0.39, 0.29) is 17.9 Å². The smallest absolute Gasteiger partial charge is 0.133 e. The third-order valence-corrected chi connectivity index (χ3v) is 3.51. The van der Waals surface area contributed by atoms with Gasteiger partial charge in [-0.05, 0) is 28.1 Å². The molecule has 0 bridgehead atoms. The van der Waals surface area contributed by atoms with Crippen molar-refractivity contribution in [1.29, 1.82) is 0 Å². The molecule has 1 saturated heterocycles. The van der Waals surface area contributed by atoms with E-state index < -0.39 is 0 Å². The molecule has 1 aromatic rings. The Labute approximate surface area is 115 Å². The molecule has 1 aliphatic rings. The Hall–Kier alpha value is -0.490. The van der Waals surface area contributed by atoms with Gasteiger partial charge in [-0.1, -0.05) is 0 Å². The summed E-state index contributed by atoms with van der Waals surface area (Å²) in [5.74, 6) is 1.56. The Morgan fingerprint density at radius 1 is 1.24 bits per heavy atom. The third-order valence-electron chi connectivity index (χ3n) is 2.89. The maximum Gasteiger partial charge on any atom is 0.133 e. The first-order chi connectivity index (χ1) is 7.60. The minimum atomic E-state index is -0.348. The van der Waals surface area contributed by atoms with Gasteiger partial charge in [-0.25, -0.2) is 0 Å². The topological polar surface area (TPSA) is 56.5 Å². The second-order valence-electron chi connectivity index (χ2n) is 3.95. The van der Waals surface area contributed by atoms with E-state index in [1.54, 1.807) is 14.2 Å². The molecule has 6 heteroatoms. The molecule has 1 aromatic carbocycles. The lowest BCUT2D eigenvalue weighted by Gasteiger charge is -2.40. The summed E-state index contributed by atoms with van der Waals surface area (Å²) < 4.78 is 11.5. The van der Waals surface area contributed by atoms with Crippen LogP contribution >= 0.6 is 28.3 Å². The van der Waals surface area contributed by atoms with Crippen molar-refractivity contribution in [1.82, 2.24) is 5.32 Å². The van der Waals surface area contributed by atoms with Crippen molar-refractivity contribution >= 4 is 28.3 Å². The fourth-order valence-corrected chi connectivity index (χ4v) is 2.32. The lowest BCUT2D eigenvalue weighted by atomic mass is 9.84. The van der Waals surface area contributed by atoms with Gasteiger partial charge in [0.05, 0.1) is 24.2 Å². The predicted octanol–water partition coefficient (Wildman–Crippen LogP) is 1.65. The molecule has 96 valence electrons. The van der Waals surface area contributed by atoms with Crippen molar-refractivity contribution in [2.75, 3.05) is 27.3 Å². The number of hydrogen-bond acceptors (Lipinski definition) is 4. The highest BCUT2D eigenvalue weighted by molar-refractivity contribution is 9.10. The molecule has 0 saturated carbocycles. The van der Waals surface area contributed by atoms with Crippen LogP contribution in [0.2, 0.25) is 0 Å². The summed E-state index contributed by atoms with van der Waals surface area (Å²) in [5, 5.41) is 3.17. The van der Waals surface area contributed by atoms with E-state index in [4.69, 9.17) is 15.2 Å². The fourth-order valence-electron chi connectivity index (χ4n) is 1.83. The van der Waals surface area contributed by atoms with Crippen LogP contribution in [0.4, 0.5) is 0 Å². The van der Waals surface area contributed by atoms with Crippen molar-refractivity contribution in [3.63, 3.8) is 0 Å². The molecule has 0 amide bonds. The minimum Gasteiger partial charge on any atom is -0.496 e. The van der Waals surface area contributed by atoms with E-state index in [0.29, 0.717) is 0 Å². The number of ether oxygens (including phenoxy) is 2. The van der Waals surface area contributed by atoms with Crippen LogP contribution in [0.25, 0.3) is 0 Å². The average Bonchev–Trinajstić information content (AvgIpc) is 2.25. The number of halogens is 2. The molecule has 1 heterocycles. The molecule has 3 N–H and O–H groups in total. The van der Waals surface area contributed by atoms with Crippen LogP contribution in [0.3, 0.4) is 0 Å². The highest BCUT2D eigenvalue weighted by Gasteiger charge is 2.37. The highest BCUT2D eigenvalue weighted by atomic mass is 79.9. The summed E-state index contributed by atoms with van der Waals surface area (Å²) in [6.07, 6.45) is 0. The second kappa shape index (κ2) is 5.44. The Kier molecular flexibility index (Phi) is 4.66. The van der Waals surface area contributed by atoms with Gasteiger partial charge in [0.15, 0.2) is 0 Å². The van der Waals surface area contributed by atoms with Crippen molar-refractivity contribution in [2.45, 2.75) is 5.54 Å². The summed E-state index contributed by atoms with van der Waals surface area (Å²) in [6.45, 7) is 1.52. The number of nitrogens with two attached hydrogens (primary N) is 1. The Morgan fingerprint density at radius 2 is 1.82 bits per heavy atom. The molecular weight excluding hydrogens is 307 g/mol. The van der Waals surface area contributed by atoms with E-state index in [1.165, 1.54) is 0 Å². The summed E-state index contributed by atoms with van der Waals surface area (Å²) in [6, 6.07) is 3.82. The molecule has 0 atom stereocenters. The van der Waals surface area contributed by atoms with E-state index in [2.05, 4.69) is 21.2 Å². The standard InChI is InChI=1S/C11H15BrN2O2.ClH/c1-15-9-4-8(12)10(16-2)3-7(9)11(13)5-14-6-11;/h3-4,14H,5-6,13H2,1-2H3;1H. The number of hydrogen-bond donors (Lipinski definition) is 2. The first-order valence-electron chi connectivity index (χ1n) is 5.02. The van der Waals surface area contributed by atoms with E-state index in [0.717, 1.165) is 34.6 Å². The minimum absolute atomic E-state index is 0. The monoisotopic (exact) mass is 322 g/mol. The molecule has 0 aliphatic carbocycles. The van der Waals surface area contributed by atoms with Crippen LogP contribution in [-0.2, 0) is 5.54 Å². The van der Waals surface area contributed by atoms with Gasteiger partial charge in [0, 0.05) is 18.7 Å². The third kappa shape index (κ3) is 2.52. The predicted molar refractivity (Wildman–Crippen MR) is 73.2 cm³/mol. The van der Waals surface area contributed by atoms with Gasteiger partial charge in [0.1, 0.15) is 11.5 Å². The summed E-state index contributed by atoms with van der Waals surface area (Å²) >= 11 is 3.43. The molecule has 0 spiro atoms. The number of benzene rings is 1. The Morgan fingerprint density at radius 3 is 2.24 bits per heavy atom. The van der Waals surface area contributed by atoms with Crippen LogP contribution in [0.15, 0.2) is 16.6 Å². The zero-order valence-corrected chi connectivity index (χ0v) is 12.2. The molecule has 1 fully saturated rings. The summed E-state index contributed by atoms with van der Waals surface area (Å²) in [7, 11) is 3.28. The van der Waals surface area contributed by atoms with Gasteiger partial charge in [-0.2, -0.15) is 0 Å². The number of methoxy groups -OCH3 is 2. The Balaban J connectivity index is 0.00000144. The van der Waals surface area contributed by atoms with E-state index in [9.17, 15) is 0 Å². The summed E-state index contributed by atoms with van der Waals surface area (Å²) in [4.78, 5) is 0. The van der Waals surface area contributed by atoms with Crippen LogP contribution in [0.1, 0.15) is 5.56 Å².